The van der Waals surface area contributed by atoms with Crippen LogP contribution in [0.3, 0.4) is 0 Å². The molecule has 4 aliphatic carbocycles. The van der Waals surface area contributed by atoms with E-state index in [4.69, 9.17) is 4.74 Å². The maximum atomic E-state index is 12.5. The van der Waals surface area contributed by atoms with Crippen molar-refractivity contribution in [2.75, 3.05) is 7.11 Å². The Kier molecular flexibility index (Phi) is 3.19. The molecule has 124 valence electrons. The van der Waals surface area contributed by atoms with Crippen molar-refractivity contribution in [3.63, 3.8) is 0 Å². The number of Topliss-reactive ketones (excluding diaryl/α,β-unsaturated/α-hetero) is 1. The van der Waals surface area contributed by atoms with E-state index < -0.39 is 0 Å². The maximum absolute atomic E-state index is 12.5. The van der Waals surface area contributed by atoms with Gasteiger partial charge in [0.25, 0.3) is 0 Å². The SMILES string of the molecule is CO[C@@H]1C(=O)C[C@H]2[C@@H]3CCC4C=C(O)C=C[C@]4(C)C3=CC[C@]12C. The zero-order valence-electron chi connectivity index (χ0n) is 14.2. The van der Waals surface area contributed by atoms with Crippen molar-refractivity contribution >= 4 is 5.78 Å². The van der Waals surface area contributed by atoms with Gasteiger partial charge in [0.1, 0.15) is 11.9 Å². The third-order valence-electron chi connectivity index (χ3n) is 7.20. The highest BCUT2D eigenvalue weighted by Gasteiger charge is 2.59. The highest BCUT2D eigenvalue weighted by Crippen LogP contribution is 2.62. The third kappa shape index (κ3) is 1.89. The number of ether oxygens (including phenoxy) is 1. The molecule has 0 aromatic heterocycles. The molecular formula is C20H26O3. The molecule has 23 heavy (non-hydrogen) atoms. The maximum Gasteiger partial charge on any atom is 0.162 e. The molecule has 1 unspecified atom stereocenters. The number of methoxy groups -OCH3 is 1. The average molecular weight is 314 g/mol. The number of carbonyl (C=O) groups is 1. The Bertz CT molecular complexity index is 643. The van der Waals surface area contributed by atoms with E-state index in [1.54, 1.807) is 7.11 Å². The Morgan fingerprint density at radius 3 is 2.83 bits per heavy atom. The summed E-state index contributed by atoms with van der Waals surface area (Å²) in [5.41, 5.74) is 1.42. The van der Waals surface area contributed by atoms with E-state index in [9.17, 15) is 9.90 Å². The van der Waals surface area contributed by atoms with E-state index in [1.807, 2.05) is 12.2 Å². The van der Waals surface area contributed by atoms with Gasteiger partial charge in [0.15, 0.2) is 5.78 Å². The molecule has 0 aromatic rings. The van der Waals surface area contributed by atoms with Gasteiger partial charge < -0.3 is 9.84 Å². The number of hydrogen-bond acceptors (Lipinski definition) is 3. The summed E-state index contributed by atoms with van der Waals surface area (Å²) < 4.78 is 5.59. The van der Waals surface area contributed by atoms with Crippen molar-refractivity contribution in [3.8, 4) is 0 Å². The Labute approximate surface area is 138 Å². The van der Waals surface area contributed by atoms with Crippen molar-refractivity contribution in [2.45, 2.75) is 45.6 Å². The topological polar surface area (TPSA) is 46.5 Å². The number of hydrogen-bond donors (Lipinski definition) is 1. The van der Waals surface area contributed by atoms with Crippen LogP contribution in [0.25, 0.3) is 0 Å². The van der Waals surface area contributed by atoms with Gasteiger partial charge >= 0.3 is 0 Å². The van der Waals surface area contributed by atoms with Crippen molar-refractivity contribution in [3.05, 3.63) is 35.6 Å². The molecule has 0 aromatic carbocycles. The molecule has 0 radical (unpaired) electrons. The minimum absolute atomic E-state index is 0.00924. The minimum Gasteiger partial charge on any atom is -0.508 e. The molecule has 0 saturated heterocycles. The smallest absolute Gasteiger partial charge is 0.162 e. The molecule has 0 aliphatic heterocycles. The first kappa shape index (κ1) is 15.2. The van der Waals surface area contributed by atoms with Gasteiger partial charge in [-0.1, -0.05) is 31.6 Å². The lowest BCUT2D eigenvalue weighted by Gasteiger charge is -2.53. The molecule has 0 spiro atoms. The fourth-order valence-electron chi connectivity index (χ4n) is 5.92. The predicted molar refractivity (Wildman–Crippen MR) is 88.9 cm³/mol. The number of aliphatic hydroxyl groups is 1. The van der Waals surface area contributed by atoms with Gasteiger partial charge in [-0.25, -0.2) is 0 Å². The molecule has 3 nitrogen and oxygen atoms in total. The minimum atomic E-state index is -0.248. The Morgan fingerprint density at radius 2 is 2.09 bits per heavy atom. The van der Waals surface area contributed by atoms with Crippen molar-refractivity contribution in [1.29, 1.82) is 0 Å². The lowest BCUT2D eigenvalue weighted by atomic mass is 9.51. The number of ketones is 1. The van der Waals surface area contributed by atoms with Crippen molar-refractivity contribution in [2.24, 2.45) is 28.6 Å². The normalized spacial score (nSPS) is 48.2. The number of carbonyl (C=O) groups excluding carboxylic acids is 1. The van der Waals surface area contributed by atoms with Gasteiger partial charge in [-0.2, -0.15) is 0 Å². The first-order valence-corrected chi connectivity index (χ1v) is 8.76. The summed E-state index contributed by atoms with van der Waals surface area (Å²) in [7, 11) is 1.67. The van der Waals surface area contributed by atoms with Crippen LogP contribution in [-0.2, 0) is 9.53 Å². The van der Waals surface area contributed by atoms with Gasteiger partial charge in [0, 0.05) is 24.4 Å². The second kappa shape index (κ2) is 4.83. The van der Waals surface area contributed by atoms with Gasteiger partial charge in [-0.05, 0) is 49.2 Å². The second-order valence-electron chi connectivity index (χ2n) is 8.26. The molecule has 4 rings (SSSR count). The zero-order valence-corrected chi connectivity index (χ0v) is 14.2. The monoisotopic (exact) mass is 314 g/mol. The van der Waals surface area contributed by atoms with Crippen LogP contribution in [0.5, 0.6) is 0 Å². The first-order valence-electron chi connectivity index (χ1n) is 8.76. The molecule has 6 atom stereocenters. The standard InChI is InChI=1S/C20H26O3/c1-19-8-6-13(21)10-12(19)4-5-14-15(19)7-9-20(2)16(14)11-17(22)18(20)23-3/h6-8,10,12,14,16,18,21H,4-5,9,11H2,1-3H3/t12?,14-,16+,18-,19+,20+/m1/s1. The molecule has 3 heteroatoms. The fraction of sp³-hybridized carbons (Fsp3) is 0.650. The number of allylic oxidation sites excluding steroid dienone is 5. The van der Waals surface area contributed by atoms with E-state index in [1.165, 1.54) is 5.57 Å². The third-order valence-corrected chi connectivity index (χ3v) is 7.20. The number of aliphatic hydroxyl groups excluding tert-OH is 1. The summed E-state index contributed by atoms with van der Waals surface area (Å²) in [6.45, 7) is 4.53. The Balaban J connectivity index is 1.75. The van der Waals surface area contributed by atoms with Crippen LogP contribution in [0.1, 0.15) is 39.5 Å². The second-order valence-corrected chi connectivity index (χ2v) is 8.26. The van der Waals surface area contributed by atoms with Crippen LogP contribution < -0.4 is 0 Å². The number of rotatable bonds is 1. The van der Waals surface area contributed by atoms with Crippen LogP contribution >= 0.6 is 0 Å². The van der Waals surface area contributed by atoms with Crippen LogP contribution in [0.2, 0.25) is 0 Å². The Hall–Kier alpha value is -1.35. The summed E-state index contributed by atoms with van der Waals surface area (Å²) in [6.07, 6.45) is 11.9. The number of fused-ring (bicyclic) bond motifs is 5. The molecule has 1 N–H and O–H groups in total. The molecule has 2 saturated carbocycles. The highest BCUT2D eigenvalue weighted by atomic mass is 16.5. The fourth-order valence-corrected chi connectivity index (χ4v) is 5.92. The largest absolute Gasteiger partial charge is 0.508 e. The van der Waals surface area contributed by atoms with Gasteiger partial charge in [-0.15, -0.1) is 0 Å². The molecular weight excluding hydrogens is 288 g/mol. The lowest BCUT2D eigenvalue weighted by molar-refractivity contribution is -0.129. The van der Waals surface area contributed by atoms with Crippen molar-refractivity contribution in [1.82, 2.24) is 0 Å². The Morgan fingerprint density at radius 1 is 1.30 bits per heavy atom. The zero-order chi connectivity index (χ0) is 16.4. The molecule has 2 fully saturated rings. The molecule has 0 heterocycles. The average Bonchev–Trinajstić information content (AvgIpc) is 2.77. The van der Waals surface area contributed by atoms with E-state index in [0.29, 0.717) is 29.9 Å². The van der Waals surface area contributed by atoms with E-state index in [-0.39, 0.29) is 22.7 Å². The summed E-state index contributed by atoms with van der Waals surface area (Å²) in [5, 5.41) is 9.84. The quantitative estimate of drug-likeness (QED) is 0.745. The van der Waals surface area contributed by atoms with Gasteiger partial charge in [-0.3, -0.25) is 4.79 Å². The summed E-state index contributed by atoms with van der Waals surface area (Å²) in [5.74, 6) is 1.90. The molecule has 4 aliphatic rings. The van der Waals surface area contributed by atoms with Gasteiger partial charge in [0.2, 0.25) is 0 Å². The lowest BCUT2D eigenvalue weighted by Crippen LogP contribution is -2.47. The van der Waals surface area contributed by atoms with Crippen LogP contribution in [0, 0.1) is 28.6 Å². The molecule has 0 amide bonds. The van der Waals surface area contributed by atoms with Crippen molar-refractivity contribution < 1.29 is 14.6 Å². The van der Waals surface area contributed by atoms with Crippen LogP contribution in [0.15, 0.2) is 35.6 Å². The van der Waals surface area contributed by atoms with E-state index in [2.05, 4.69) is 26.0 Å². The first-order chi connectivity index (χ1) is 10.9. The van der Waals surface area contributed by atoms with Crippen LogP contribution in [0.4, 0.5) is 0 Å². The van der Waals surface area contributed by atoms with E-state index in [0.717, 1.165) is 19.3 Å². The molecule has 0 bridgehead atoms. The van der Waals surface area contributed by atoms with E-state index >= 15 is 0 Å². The predicted octanol–water partition coefficient (Wildman–Crippen LogP) is 3.97. The van der Waals surface area contributed by atoms with Gasteiger partial charge in [0.05, 0.1) is 0 Å². The summed E-state index contributed by atoms with van der Waals surface area (Å²) in [6, 6.07) is 0. The van der Waals surface area contributed by atoms with Crippen LogP contribution in [-0.4, -0.2) is 24.1 Å². The summed E-state index contributed by atoms with van der Waals surface area (Å²) >= 11 is 0. The summed E-state index contributed by atoms with van der Waals surface area (Å²) in [4.78, 5) is 12.5. The highest BCUT2D eigenvalue weighted by molar-refractivity contribution is 5.87.